The Hall–Kier alpha value is -2.08. The summed E-state index contributed by atoms with van der Waals surface area (Å²) in [6.45, 7) is 2.93. The Morgan fingerprint density at radius 3 is 2.67 bits per heavy atom. The van der Waals surface area contributed by atoms with Gasteiger partial charge in [-0.1, -0.05) is 24.3 Å². The van der Waals surface area contributed by atoms with Crippen molar-refractivity contribution >= 4 is 0 Å². The number of nitrogens with one attached hydrogen (secondary N) is 1. The predicted octanol–water partition coefficient (Wildman–Crippen LogP) is 1.73. The highest BCUT2D eigenvalue weighted by molar-refractivity contribution is 5.48. The Labute approximate surface area is 125 Å². The minimum Gasteiger partial charge on any atom is -0.493 e. The molecule has 6 nitrogen and oxygen atoms in total. The van der Waals surface area contributed by atoms with Crippen LogP contribution >= 0.6 is 0 Å². The average molecular weight is 290 g/mol. The molecule has 1 atom stereocenters. The average Bonchev–Trinajstić information content (AvgIpc) is 2.91. The van der Waals surface area contributed by atoms with Crippen LogP contribution < -0.4 is 14.8 Å². The van der Waals surface area contributed by atoms with E-state index in [0.29, 0.717) is 0 Å². The molecule has 1 aromatic carbocycles. The van der Waals surface area contributed by atoms with Crippen LogP contribution in [-0.4, -0.2) is 35.8 Å². The normalized spacial score (nSPS) is 12.2. The first kappa shape index (κ1) is 15.3. The zero-order valence-corrected chi connectivity index (χ0v) is 13.0. The number of aromatic nitrogens is 3. The maximum Gasteiger partial charge on any atom is 0.165 e. The summed E-state index contributed by atoms with van der Waals surface area (Å²) in [5.41, 5.74) is 2.00. The summed E-state index contributed by atoms with van der Waals surface area (Å²) in [6.07, 6.45) is 2.67. The molecule has 1 N–H and O–H groups in total. The zero-order chi connectivity index (χ0) is 15.2. The van der Waals surface area contributed by atoms with Crippen LogP contribution in [0.2, 0.25) is 0 Å². The van der Waals surface area contributed by atoms with Gasteiger partial charge in [0.15, 0.2) is 11.5 Å². The van der Waals surface area contributed by atoms with Gasteiger partial charge < -0.3 is 14.8 Å². The van der Waals surface area contributed by atoms with E-state index in [0.717, 1.165) is 35.7 Å². The molecule has 0 spiro atoms. The number of likely N-dealkylation sites (N-methyl/N-ethyl adjacent to an activating group) is 1. The van der Waals surface area contributed by atoms with Crippen molar-refractivity contribution in [2.75, 3.05) is 20.8 Å². The third kappa shape index (κ3) is 3.52. The zero-order valence-electron chi connectivity index (χ0n) is 13.0. The molecule has 0 aliphatic rings. The lowest BCUT2D eigenvalue weighted by Crippen LogP contribution is -2.23. The molecule has 0 saturated carbocycles. The lowest BCUT2D eigenvalue weighted by molar-refractivity contribution is 0.346. The highest BCUT2D eigenvalue weighted by Gasteiger charge is 2.20. The van der Waals surface area contributed by atoms with Gasteiger partial charge in [-0.15, -0.1) is 5.10 Å². The Kier molecular flexibility index (Phi) is 5.16. The monoisotopic (exact) mass is 290 g/mol. The van der Waals surface area contributed by atoms with E-state index < -0.39 is 0 Å². The smallest absolute Gasteiger partial charge is 0.165 e. The van der Waals surface area contributed by atoms with Gasteiger partial charge in [0.05, 0.1) is 19.9 Å². The molecule has 6 heteroatoms. The molecule has 21 heavy (non-hydrogen) atoms. The number of para-hydroxylation sites is 1. The number of ether oxygens (including phenoxy) is 2. The predicted molar refractivity (Wildman–Crippen MR) is 80.7 cm³/mol. The molecule has 114 valence electrons. The van der Waals surface area contributed by atoms with Crippen LogP contribution in [0.25, 0.3) is 0 Å². The highest BCUT2D eigenvalue weighted by Crippen LogP contribution is 2.35. The summed E-state index contributed by atoms with van der Waals surface area (Å²) < 4.78 is 12.6. The fourth-order valence-electron chi connectivity index (χ4n) is 2.42. The van der Waals surface area contributed by atoms with E-state index in [9.17, 15) is 0 Å². The van der Waals surface area contributed by atoms with Gasteiger partial charge in [0.25, 0.3) is 0 Å². The summed E-state index contributed by atoms with van der Waals surface area (Å²) in [5, 5.41) is 11.6. The van der Waals surface area contributed by atoms with Crippen molar-refractivity contribution in [2.24, 2.45) is 7.05 Å². The van der Waals surface area contributed by atoms with Gasteiger partial charge in [0.2, 0.25) is 0 Å². The number of nitrogens with zero attached hydrogens (tertiary/aromatic N) is 3. The van der Waals surface area contributed by atoms with Gasteiger partial charge in [-0.25, -0.2) is 0 Å². The van der Waals surface area contributed by atoms with Crippen molar-refractivity contribution in [1.82, 2.24) is 20.3 Å². The van der Waals surface area contributed by atoms with Crippen molar-refractivity contribution in [2.45, 2.75) is 19.4 Å². The van der Waals surface area contributed by atoms with Crippen molar-refractivity contribution in [3.05, 3.63) is 35.7 Å². The summed E-state index contributed by atoms with van der Waals surface area (Å²) >= 11 is 0. The Bertz CT molecular complexity index is 583. The highest BCUT2D eigenvalue weighted by atomic mass is 16.5. The fraction of sp³-hybridized carbons (Fsp3) is 0.467. The number of methoxy groups -OCH3 is 2. The van der Waals surface area contributed by atoms with Crippen LogP contribution in [0.3, 0.4) is 0 Å². The number of hydrogen-bond acceptors (Lipinski definition) is 5. The van der Waals surface area contributed by atoms with Crippen molar-refractivity contribution in [3.63, 3.8) is 0 Å². The lowest BCUT2D eigenvalue weighted by Gasteiger charge is -2.21. The summed E-state index contributed by atoms with van der Waals surface area (Å²) in [5.74, 6) is 1.49. The largest absolute Gasteiger partial charge is 0.493 e. The minimum atomic E-state index is 0.0942. The summed E-state index contributed by atoms with van der Waals surface area (Å²) in [4.78, 5) is 0. The molecule has 0 aliphatic carbocycles. The van der Waals surface area contributed by atoms with Crippen LogP contribution in [0.4, 0.5) is 0 Å². The third-order valence-electron chi connectivity index (χ3n) is 3.32. The SMILES string of the molecule is CCNC(Cc1cn(C)nn1)c1cccc(OC)c1OC. The Morgan fingerprint density at radius 1 is 1.29 bits per heavy atom. The minimum absolute atomic E-state index is 0.0942. The maximum absolute atomic E-state index is 5.53. The molecule has 1 heterocycles. The molecule has 0 amide bonds. The molecule has 0 radical (unpaired) electrons. The lowest BCUT2D eigenvalue weighted by atomic mass is 10.0. The van der Waals surface area contributed by atoms with E-state index in [1.165, 1.54) is 0 Å². The molecule has 2 aromatic rings. The van der Waals surface area contributed by atoms with Gasteiger partial charge in [0, 0.05) is 31.3 Å². The van der Waals surface area contributed by atoms with Crippen LogP contribution in [0.15, 0.2) is 24.4 Å². The molecule has 0 fully saturated rings. The molecule has 0 saturated heterocycles. The molecule has 0 bridgehead atoms. The van der Waals surface area contributed by atoms with E-state index in [2.05, 4.69) is 22.6 Å². The second-order valence-corrected chi connectivity index (χ2v) is 4.78. The summed E-state index contributed by atoms with van der Waals surface area (Å²) in [6, 6.07) is 6.01. The molecule has 0 aliphatic heterocycles. The first-order valence-corrected chi connectivity index (χ1v) is 6.99. The Balaban J connectivity index is 2.33. The number of hydrogen-bond donors (Lipinski definition) is 1. The van der Waals surface area contributed by atoms with Crippen molar-refractivity contribution in [3.8, 4) is 11.5 Å². The summed E-state index contributed by atoms with van der Waals surface area (Å²) in [7, 11) is 5.17. The molecular formula is C15H22N4O2. The second-order valence-electron chi connectivity index (χ2n) is 4.78. The van der Waals surface area contributed by atoms with Crippen LogP contribution in [0, 0.1) is 0 Å². The number of benzene rings is 1. The molecular weight excluding hydrogens is 268 g/mol. The van der Waals surface area contributed by atoms with Crippen molar-refractivity contribution < 1.29 is 9.47 Å². The van der Waals surface area contributed by atoms with Gasteiger partial charge in [-0.05, 0) is 12.6 Å². The van der Waals surface area contributed by atoms with Gasteiger partial charge in [-0.3, -0.25) is 4.68 Å². The molecule has 1 unspecified atom stereocenters. The van der Waals surface area contributed by atoms with Gasteiger partial charge >= 0.3 is 0 Å². The number of rotatable bonds is 7. The van der Waals surface area contributed by atoms with Crippen LogP contribution in [-0.2, 0) is 13.5 Å². The molecule has 2 rings (SSSR count). The first-order chi connectivity index (χ1) is 10.2. The van der Waals surface area contributed by atoms with Crippen LogP contribution in [0.5, 0.6) is 11.5 Å². The van der Waals surface area contributed by atoms with E-state index >= 15 is 0 Å². The fourth-order valence-corrected chi connectivity index (χ4v) is 2.42. The van der Waals surface area contributed by atoms with Crippen molar-refractivity contribution in [1.29, 1.82) is 0 Å². The maximum atomic E-state index is 5.53. The standard InChI is InChI=1S/C15H22N4O2/c1-5-16-13(9-11-10-19(2)18-17-11)12-7-6-8-14(20-3)15(12)21-4/h6-8,10,13,16H,5,9H2,1-4H3. The van der Waals surface area contributed by atoms with E-state index in [-0.39, 0.29) is 6.04 Å². The van der Waals surface area contributed by atoms with Gasteiger partial charge in [0.1, 0.15) is 0 Å². The van der Waals surface area contributed by atoms with E-state index in [4.69, 9.17) is 9.47 Å². The second kappa shape index (κ2) is 7.08. The quantitative estimate of drug-likeness (QED) is 0.841. The van der Waals surface area contributed by atoms with E-state index in [1.54, 1.807) is 18.9 Å². The Morgan fingerprint density at radius 2 is 2.10 bits per heavy atom. The van der Waals surface area contributed by atoms with Gasteiger partial charge in [-0.2, -0.15) is 0 Å². The van der Waals surface area contributed by atoms with E-state index in [1.807, 2.05) is 31.4 Å². The topological polar surface area (TPSA) is 61.2 Å². The third-order valence-corrected chi connectivity index (χ3v) is 3.32. The van der Waals surface area contributed by atoms with Crippen LogP contribution in [0.1, 0.15) is 24.2 Å². The molecule has 1 aromatic heterocycles. The number of aryl methyl sites for hydroxylation is 1. The first-order valence-electron chi connectivity index (χ1n) is 6.99.